The average molecular weight is 342 g/mol. The highest BCUT2D eigenvalue weighted by Gasteiger charge is 2.09. The lowest BCUT2D eigenvalue weighted by Gasteiger charge is -2.13. The second-order valence-electron chi connectivity index (χ2n) is 6.11. The molecule has 0 unspecified atom stereocenters. The predicted octanol–water partition coefficient (Wildman–Crippen LogP) is 3.46. The van der Waals surface area contributed by atoms with E-state index in [1.54, 1.807) is 6.20 Å². The number of tetrazole rings is 1. The molecule has 0 amide bonds. The van der Waals surface area contributed by atoms with Crippen LogP contribution in [0.3, 0.4) is 0 Å². The molecule has 0 bridgehead atoms. The molecule has 2 aromatic carbocycles. The molecule has 0 spiro atoms. The van der Waals surface area contributed by atoms with E-state index in [9.17, 15) is 0 Å². The van der Waals surface area contributed by atoms with Gasteiger partial charge in [0.25, 0.3) is 0 Å². The fourth-order valence-corrected chi connectivity index (χ4v) is 2.68. The highest BCUT2D eigenvalue weighted by atomic mass is 15.6. The summed E-state index contributed by atoms with van der Waals surface area (Å²) in [6.07, 6.45) is 1.72. The Morgan fingerprint density at radius 1 is 0.846 bits per heavy atom. The zero-order valence-corrected chi connectivity index (χ0v) is 14.6. The van der Waals surface area contributed by atoms with Crippen LogP contribution in [0.4, 0.5) is 5.69 Å². The van der Waals surface area contributed by atoms with Crippen molar-refractivity contribution < 1.29 is 0 Å². The Balaban J connectivity index is 1.65. The fraction of sp³-hybridized carbons (Fsp3) is 0.100. The van der Waals surface area contributed by atoms with Crippen molar-refractivity contribution in [3.05, 3.63) is 72.9 Å². The monoisotopic (exact) mass is 342 g/mol. The lowest BCUT2D eigenvalue weighted by molar-refractivity contribution is 0.720. The first-order valence-corrected chi connectivity index (χ1v) is 8.30. The molecule has 4 aromatic rings. The maximum Gasteiger partial charge on any atom is 0.223 e. The molecule has 2 aromatic heterocycles. The van der Waals surface area contributed by atoms with Crippen LogP contribution in [-0.4, -0.2) is 39.3 Å². The maximum atomic E-state index is 4.45. The minimum atomic E-state index is 0.506. The number of nitrogens with zero attached hydrogens (tertiary/aromatic N) is 6. The highest BCUT2D eigenvalue weighted by Crippen LogP contribution is 2.24. The number of hydrogen-bond donors (Lipinski definition) is 0. The van der Waals surface area contributed by atoms with Crippen LogP contribution in [0.2, 0.25) is 0 Å². The van der Waals surface area contributed by atoms with E-state index < -0.39 is 0 Å². The van der Waals surface area contributed by atoms with Crippen LogP contribution in [0.25, 0.3) is 28.3 Å². The van der Waals surface area contributed by atoms with Gasteiger partial charge in [0.05, 0.1) is 5.69 Å². The Morgan fingerprint density at radius 2 is 1.69 bits per heavy atom. The van der Waals surface area contributed by atoms with E-state index in [-0.39, 0.29) is 0 Å². The van der Waals surface area contributed by atoms with Gasteiger partial charge in [-0.3, -0.25) is 4.98 Å². The van der Waals surface area contributed by atoms with Gasteiger partial charge in [0, 0.05) is 26.0 Å². The predicted molar refractivity (Wildman–Crippen MR) is 102 cm³/mol. The zero-order valence-electron chi connectivity index (χ0n) is 14.6. The summed E-state index contributed by atoms with van der Waals surface area (Å²) in [5.74, 6) is 0.506. The third-order valence-electron chi connectivity index (χ3n) is 4.10. The summed E-state index contributed by atoms with van der Waals surface area (Å²) in [6, 6.07) is 22.1. The third kappa shape index (κ3) is 3.17. The molecular weight excluding hydrogens is 324 g/mol. The van der Waals surface area contributed by atoms with Gasteiger partial charge in [0.1, 0.15) is 5.69 Å². The summed E-state index contributed by atoms with van der Waals surface area (Å²) < 4.78 is 0. The Labute approximate surface area is 151 Å². The van der Waals surface area contributed by atoms with Crippen molar-refractivity contribution >= 4 is 5.69 Å². The summed E-state index contributed by atoms with van der Waals surface area (Å²) in [6.45, 7) is 0. The van der Waals surface area contributed by atoms with Gasteiger partial charge < -0.3 is 4.90 Å². The number of pyridine rings is 1. The second-order valence-corrected chi connectivity index (χ2v) is 6.11. The van der Waals surface area contributed by atoms with Crippen molar-refractivity contribution in [3.63, 3.8) is 0 Å². The molecule has 6 nitrogen and oxygen atoms in total. The molecule has 0 N–H and O–H groups in total. The van der Waals surface area contributed by atoms with Gasteiger partial charge in [-0.05, 0) is 52.7 Å². The normalized spacial score (nSPS) is 10.7. The molecule has 128 valence electrons. The summed E-state index contributed by atoms with van der Waals surface area (Å²) in [5.41, 5.74) is 4.97. The number of benzene rings is 2. The van der Waals surface area contributed by atoms with E-state index in [4.69, 9.17) is 0 Å². The summed E-state index contributed by atoms with van der Waals surface area (Å²) in [7, 11) is 4.07. The minimum Gasteiger partial charge on any atom is -0.378 e. The zero-order chi connectivity index (χ0) is 17.9. The standard InChI is InChI=1S/C20H18N6/c1-25(2)17-11-9-15(10-12-17)16-6-5-7-18(14-16)26-23-20(22-24-26)19-8-3-4-13-21-19/h3-14H,1-2H3. The van der Waals surface area contributed by atoms with E-state index in [0.717, 1.165) is 16.8 Å². The lowest BCUT2D eigenvalue weighted by Crippen LogP contribution is -2.07. The Bertz CT molecular complexity index is 1010. The van der Waals surface area contributed by atoms with Crippen molar-refractivity contribution in [2.75, 3.05) is 19.0 Å². The first kappa shape index (κ1) is 16.0. The van der Waals surface area contributed by atoms with E-state index >= 15 is 0 Å². The summed E-state index contributed by atoms with van der Waals surface area (Å²) in [4.78, 5) is 7.87. The van der Waals surface area contributed by atoms with Crippen LogP contribution in [0.15, 0.2) is 72.9 Å². The van der Waals surface area contributed by atoms with Crippen LogP contribution >= 0.6 is 0 Å². The summed E-state index contributed by atoms with van der Waals surface area (Å²) >= 11 is 0. The molecule has 0 atom stereocenters. The van der Waals surface area contributed by atoms with Gasteiger partial charge in [-0.15, -0.1) is 15.0 Å². The van der Waals surface area contributed by atoms with Crippen LogP contribution in [0, 0.1) is 0 Å². The van der Waals surface area contributed by atoms with Crippen molar-refractivity contribution in [3.8, 4) is 28.3 Å². The van der Waals surface area contributed by atoms with Gasteiger partial charge in [0.2, 0.25) is 5.82 Å². The molecule has 26 heavy (non-hydrogen) atoms. The number of rotatable bonds is 4. The topological polar surface area (TPSA) is 59.7 Å². The summed E-state index contributed by atoms with van der Waals surface area (Å²) in [5, 5.41) is 12.7. The maximum absolute atomic E-state index is 4.45. The van der Waals surface area contributed by atoms with E-state index in [0.29, 0.717) is 11.5 Å². The molecular formula is C20H18N6. The minimum absolute atomic E-state index is 0.506. The molecule has 0 aliphatic rings. The molecule has 2 heterocycles. The van der Waals surface area contributed by atoms with Crippen molar-refractivity contribution in [2.45, 2.75) is 0 Å². The fourth-order valence-electron chi connectivity index (χ4n) is 2.68. The van der Waals surface area contributed by atoms with Crippen LogP contribution in [0.5, 0.6) is 0 Å². The average Bonchev–Trinajstić information content (AvgIpc) is 3.19. The molecule has 0 aliphatic carbocycles. The largest absolute Gasteiger partial charge is 0.378 e. The molecule has 4 rings (SSSR count). The highest BCUT2D eigenvalue weighted by molar-refractivity contribution is 5.68. The van der Waals surface area contributed by atoms with Gasteiger partial charge >= 0.3 is 0 Å². The van der Waals surface area contributed by atoms with Crippen LogP contribution in [-0.2, 0) is 0 Å². The third-order valence-corrected chi connectivity index (χ3v) is 4.10. The van der Waals surface area contributed by atoms with Gasteiger partial charge in [-0.25, -0.2) is 0 Å². The first-order valence-electron chi connectivity index (χ1n) is 8.30. The second kappa shape index (κ2) is 6.76. The number of hydrogen-bond acceptors (Lipinski definition) is 5. The van der Waals surface area contributed by atoms with E-state index in [2.05, 4.69) is 61.7 Å². The van der Waals surface area contributed by atoms with Crippen molar-refractivity contribution in [1.82, 2.24) is 25.2 Å². The molecule has 0 fully saturated rings. The first-order chi connectivity index (χ1) is 12.7. The SMILES string of the molecule is CN(C)c1ccc(-c2cccc(-n3nnc(-c4ccccn4)n3)c2)cc1. The molecule has 0 saturated carbocycles. The molecule has 6 heteroatoms. The quantitative estimate of drug-likeness (QED) is 0.568. The van der Waals surface area contributed by atoms with E-state index in [1.165, 1.54) is 10.5 Å². The molecule has 0 aliphatic heterocycles. The Kier molecular flexibility index (Phi) is 4.15. The Morgan fingerprint density at radius 3 is 2.42 bits per heavy atom. The lowest BCUT2D eigenvalue weighted by atomic mass is 10.0. The van der Waals surface area contributed by atoms with E-state index in [1.807, 2.05) is 44.4 Å². The van der Waals surface area contributed by atoms with Crippen molar-refractivity contribution in [1.29, 1.82) is 0 Å². The molecule has 0 radical (unpaired) electrons. The van der Waals surface area contributed by atoms with Crippen LogP contribution in [0.1, 0.15) is 0 Å². The van der Waals surface area contributed by atoms with Crippen LogP contribution < -0.4 is 4.90 Å². The Hall–Kier alpha value is -3.54. The molecule has 0 saturated heterocycles. The van der Waals surface area contributed by atoms with Gasteiger partial charge in [0.15, 0.2) is 0 Å². The van der Waals surface area contributed by atoms with Gasteiger partial charge in [-0.1, -0.05) is 30.3 Å². The number of aromatic nitrogens is 5. The van der Waals surface area contributed by atoms with Gasteiger partial charge in [-0.2, -0.15) is 0 Å². The van der Waals surface area contributed by atoms with Crippen molar-refractivity contribution in [2.24, 2.45) is 0 Å². The number of anilines is 1. The smallest absolute Gasteiger partial charge is 0.223 e.